The van der Waals surface area contributed by atoms with Gasteiger partial charge in [0.15, 0.2) is 6.33 Å². The van der Waals surface area contributed by atoms with Gasteiger partial charge in [-0.2, -0.15) is 4.98 Å². The first-order valence-corrected chi connectivity index (χ1v) is 6.52. The van der Waals surface area contributed by atoms with E-state index in [1.54, 1.807) is 12.4 Å². The Bertz CT molecular complexity index is 664. The van der Waals surface area contributed by atoms with Crippen molar-refractivity contribution < 1.29 is 4.52 Å². The molecule has 0 aliphatic heterocycles. The van der Waals surface area contributed by atoms with Crippen LogP contribution in [0, 0.1) is 0 Å². The monoisotopic (exact) mass is 277 g/mol. The minimum atomic E-state index is 0.539. The fourth-order valence-corrected chi connectivity index (χ4v) is 2.24. The third-order valence-corrected chi connectivity index (χ3v) is 3.09. The summed E-state index contributed by atoms with van der Waals surface area (Å²) in [7, 11) is 0. The number of pyridine rings is 1. The van der Waals surface area contributed by atoms with Crippen molar-refractivity contribution in [2.45, 2.75) is 19.4 Å². The number of aryl methyl sites for hydroxylation is 3. The summed E-state index contributed by atoms with van der Waals surface area (Å²) < 4.78 is 7.14. The average Bonchev–Trinajstić information content (AvgIpc) is 3.04. The van der Waals surface area contributed by atoms with Crippen molar-refractivity contribution in [3.8, 4) is 0 Å². The smallest absolute Gasteiger partial charge is 0.228 e. The van der Waals surface area contributed by atoms with E-state index in [-0.39, 0.29) is 0 Å². The van der Waals surface area contributed by atoms with Crippen LogP contribution in [-0.4, -0.2) is 30.6 Å². The predicted molar refractivity (Wildman–Crippen MR) is 70.0 cm³/mol. The molecule has 3 heterocycles. The maximum absolute atomic E-state index is 5.83. The van der Waals surface area contributed by atoms with Gasteiger partial charge in [0.1, 0.15) is 11.3 Å². The third-order valence-electron chi connectivity index (χ3n) is 2.90. The Morgan fingerprint density at radius 1 is 1.32 bits per heavy atom. The molecule has 7 heteroatoms. The van der Waals surface area contributed by atoms with E-state index in [0.29, 0.717) is 18.2 Å². The highest BCUT2D eigenvalue weighted by Crippen LogP contribution is 2.16. The van der Waals surface area contributed by atoms with E-state index in [1.807, 2.05) is 6.07 Å². The molecule has 0 unspecified atom stereocenters. The summed E-state index contributed by atoms with van der Waals surface area (Å²) in [5.41, 5.74) is 1.93. The number of aromatic nitrogens is 5. The van der Waals surface area contributed by atoms with Gasteiger partial charge in [0.05, 0.1) is 11.7 Å². The number of nitrogens with zero attached hydrogens (tertiary/aromatic N) is 5. The minimum Gasteiger partial charge on any atom is -0.340 e. The summed E-state index contributed by atoms with van der Waals surface area (Å²) >= 11 is 5.83. The van der Waals surface area contributed by atoms with Gasteiger partial charge in [0, 0.05) is 31.5 Å². The molecule has 98 valence electrons. The van der Waals surface area contributed by atoms with Gasteiger partial charge in [-0.3, -0.25) is 4.98 Å². The topological polar surface area (TPSA) is 69.6 Å². The van der Waals surface area contributed by atoms with Crippen LogP contribution in [0.1, 0.15) is 11.7 Å². The molecule has 3 aromatic heterocycles. The first-order chi connectivity index (χ1) is 9.38. The molecule has 0 saturated heterocycles. The second-order valence-corrected chi connectivity index (χ2v) is 4.45. The van der Waals surface area contributed by atoms with E-state index in [4.69, 9.17) is 16.1 Å². The van der Waals surface area contributed by atoms with E-state index < -0.39 is 0 Å². The number of halogens is 1. The number of imidazole rings is 1. The summed E-state index contributed by atoms with van der Waals surface area (Å²) in [6.07, 6.45) is 6.32. The fourth-order valence-electron chi connectivity index (χ4n) is 2.07. The number of fused-ring (bicyclic) bond motifs is 1. The highest BCUT2D eigenvalue weighted by atomic mass is 35.5. The summed E-state index contributed by atoms with van der Waals surface area (Å²) in [6, 6.07) is 1.95. The first kappa shape index (κ1) is 12.1. The van der Waals surface area contributed by atoms with Crippen molar-refractivity contribution in [1.29, 1.82) is 0 Å². The molecule has 0 spiro atoms. The van der Waals surface area contributed by atoms with Crippen molar-refractivity contribution in [3.63, 3.8) is 0 Å². The molecule has 0 fully saturated rings. The fraction of sp³-hybridized carbons (Fsp3) is 0.333. The standard InChI is InChI=1S/C12H12ClN5O/c13-4-1-11-17-9-7-14-5-2-10(9)18(11)6-3-12-15-8-16-19-12/h2,5,7-8H,1,3-4,6H2. The van der Waals surface area contributed by atoms with Crippen LogP contribution in [-0.2, 0) is 19.4 Å². The summed E-state index contributed by atoms with van der Waals surface area (Å²) in [4.78, 5) is 12.7. The van der Waals surface area contributed by atoms with E-state index in [1.165, 1.54) is 6.33 Å². The van der Waals surface area contributed by atoms with Crippen LogP contribution in [0.3, 0.4) is 0 Å². The molecule has 0 aromatic carbocycles. The average molecular weight is 278 g/mol. The molecule has 19 heavy (non-hydrogen) atoms. The summed E-state index contributed by atoms with van der Waals surface area (Å²) in [6.45, 7) is 0.731. The minimum absolute atomic E-state index is 0.539. The quantitative estimate of drug-likeness (QED) is 0.666. The molecule has 0 radical (unpaired) electrons. The number of alkyl halides is 1. The van der Waals surface area contributed by atoms with Gasteiger partial charge >= 0.3 is 0 Å². The molecule has 3 aromatic rings. The second-order valence-electron chi connectivity index (χ2n) is 4.07. The Morgan fingerprint density at radius 2 is 2.26 bits per heavy atom. The maximum Gasteiger partial charge on any atom is 0.228 e. The molecule has 0 atom stereocenters. The van der Waals surface area contributed by atoms with Crippen LogP contribution in [0.2, 0.25) is 0 Å². The van der Waals surface area contributed by atoms with Crippen molar-refractivity contribution in [2.24, 2.45) is 0 Å². The van der Waals surface area contributed by atoms with Gasteiger partial charge in [0.2, 0.25) is 5.89 Å². The number of hydrogen-bond donors (Lipinski definition) is 0. The van der Waals surface area contributed by atoms with Crippen LogP contribution in [0.25, 0.3) is 11.0 Å². The lowest BCUT2D eigenvalue weighted by Crippen LogP contribution is -2.07. The molecule has 0 aliphatic rings. The van der Waals surface area contributed by atoms with Gasteiger partial charge in [-0.1, -0.05) is 5.16 Å². The van der Waals surface area contributed by atoms with Gasteiger partial charge in [-0.05, 0) is 6.07 Å². The molecule has 6 nitrogen and oxygen atoms in total. The molecule has 3 rings (SSSR count). The maximum atomic E-state index is 5.83. The SMILES string of the molecule is ClCCc1nc2cnccc2n1CCc1ncno1. The van der Waals surface area contributed by atoms with Gasteiger partial charge in [-0.25, -0.2) is 4.98 Å². The zero-order valence-electron chi connectivity index (χ0n) is 10.2. The zero-order valence-corrected chi connectivity index (χ0v) is 10.9. The summed E-state index contributed by atoms with van der Waals surface area (Å²) in [5.74, 6) is 2.11. The van der Waals surface area contributed by atoms with Crippen molar-refractivity contribution >= 4 is 22.6 Å². The molecule has 0 amide bonds. The zero-order chi connectivity index (χ0) is 13.1. The predicted octanol–water partition coefficient (Wildman–Crippen LogP) is 1.84. The molecule has 0 saturated carbocycles. The second kappa shape index (κ2) is 5.36. The number of hydrogen-bond acceptors (Lipinski definition) is 5. The molecular formula is C12H12ClN5O. The summed E-state index contributed by atoms with van der Waals surface area (Å²) in [5, 5.41) is 3.60. The Balaban J connectivity index is 1.92. The molecule has 0 aliphatic carbocycles. The van der Waals surface area contributed by atoms with Crippen LogP contribution >= 0.6 is 11.6 Å². The lowest BCUT2D eigenvalue weighted by atomic mass is 10.3. The van der Waals surface area contributed by atoms with Crippen LogP contribution in [0.15, 0.2) is 29.3 Å². The Kier molecular flexibility index (Phi) is 3.41. The normalized spacial score (nSPS) is 11.2. The van der Waals surface area contributed by atoms with Crippen molar-refractivity contribution in [3.05, 3.63) is 36.5 Å². The van der Waals surface area contributed by atoms with Gasteiger partial charge < -0.3 is 9.09 Å². The Hall–Kier alpha value is -1.95. The van der Waals surface area contributed by atoms with E-state index in [9.17, 15) is 0 Å². The molecular weight excluding hydrogens is 266 g/mol. The van der Waals surface area contributed by atoms with Crippen molar-refractivity contribution in [2.75, 3.05) is 5.88 Å². The first-order valence-electron chi connectivity index (χ1n) is 5.99. The van der Waals surface area contributed by atoms with Gasteiger partial charge in [-0.15, -0.1) is 11.6 Å². The lowest BCUT2D eigenvalue weighted by Gasteiger charge is -2.06. The Morgan fingerprint density at radius 3 is 3.05 bits per heavy atom. The largest absolute Gasteiger partial charge is 0.340 e. The van der Waals surface area contributed by atoms with Crippen LogP contribution in [0.4, 0.5) is 0 Å². The lowest BCUT2D eigenvalue weighted by molar-refractivity contribution is 0.371. The number of rotatable bonds is 5. The van der Waals surface area contributed by atoms with Crippen LogP contribution in [0.5, 0.6) is 0 Å². The van der Waals surface area contributed by atoms with E-state index in [0.717, 1.165) is 29.8 Å². The van der Waals surface area contributed by atoms with E-state index >= 15 is 0 Å². The van der Waals surface area contributed by atoms with Crippen LogP contribution < -0.4 is 0 Å². The highest BCUT2D eigenvalue weighted by molar-refractivity contribution is 6.17. The van der Waals surface area contributed by atoms with Crippen molar-refractivity contribution in [1.82, 2.24) is 24.7 Å². The van der Waals surface area contributed by atoms with E-state index in [2.05, 4.69) is 24.7 Å². The van der Waals surface area contributed by atoms with Gasteiger partial charge in [0.25, 0.3) is 0 Å². The highest BCUT2D eigenvalue weighted by Gasteiger charge is 2.11. The molecule has 0 bridgehead atoms. The molecule has 0 N–H and O–H groups in total. The third kappa shape index (κ3) is 2.44. The Labute approximate surface area is 114 Å².